The Labute approximate surface area is 161 Å². The van der Waals surface area contributed by atoms with E-state index in [0.29, 0.717) is 13.1 Å². The number of aromatic nitrogens is 2. The maximum atomic E-state index is 12.6. The number of anilines is 2. The molecule has 1 saturated heterocycles. The van der Waals surface area contributed by atoms with Crippen LogP contribution in [0.5, 0.6) is 0 Å². The molecule has 0 spiro atoms. The van der Waals surface area contributed by atoms with Crippen molar-refractivity contribution in [2.75, 3.05) is 42.9 Å². The summed E-state index contributed by atoms with van der Waals surface area (Å²) >= 11 is 2.25. The lowest BCUT2D eigenvalue weighted by molar-refractivity contribution is 0.0746. The van der Waals surface area contributed by atoms with Crippen molar-refractivity contribution in [3.63, 3.8) is 0 Å². The maximum absolute atomic E-state index is 12.6. The Balaban J connectivity index is 1.65. The van der Waals surface area contributed by atoms with Crippen LogP contribution in [0.1, 0.15) is 23.1 Å². The van der Waals surface area contributed by atoms with Gasteiger partial charge in [-0.2, -0.15) is 0 Å². The van der Waals surface area contributed by atoms with Gasteiger partial charge in [-0.3, -0.25) is 4.79 Å². The second-order valence-corrected chi connectivity index (χ2v) is 7.22. The van der Waals surface area contributed by atoms with Gasteiger partial charge in [0.1, 0.15) is 17.5 Å². The number of amides is 1. The summed E-state index contributed by atoms with van der Waals surface area (Å²) in [4.78, 5) is 25.7. The fraction of sp³-hybridized carbons (Fsp3) is 0.389. The summed E-state index contributed by atoms with van der Waals surface area (Å²) < 4.78 is 1.13. The van der Waals surface area contributed by atoms with Crippen LogP contribution in [0.3, 0.4) is 0 Å². The van der Waals surface area contributed by atoms with Gasteiger partial charge in [0.2, 0.25) is 0 Å². The summed E-state index contributed by atoms with van der Waals surface area (Å²) in [7, 11) is 0. The summed E-state index contributed by atoms with van der Waals surface area (Å²) in [6.45, 7) is 7.73. The van der Waals surface area contributed by atoms with Gasteiger partial charge in [0, 0.05) is 47.9 Å². The lowest BCUT2D eigenvalue weighted by Gasteiger charge is -2.35. The first-order valence-electron chi connectivity index (χ1n) is 8.46. The van der Waals surface area contributed by atoms with Crippen LogP contribution in [-0.4, -0.2) is 53.5 Å². The van der Waals surface area contributed by atoms with Gasteiger partial charge in [-0.25, -0.2) is 9.97 Å². The summed E-state index contributed by atoms with van der Waals surface area (Å²) in [5.41, 5.74) is 0.751. The molecule has 1 aliphatic rings. The molecule has 1 aromatic heterocycles. The number of hydrogen-bond donors (Lipinski definition) is 1. The van der Waals surface area contributed by atoms with Crippen LogP contribution in [0.2, 0.25) is 0 Å². The van der Waals surface area contributed by atoms with Gasteiger partial charge < -0.3 is 15.1 Å². The van der Waals surface area contributed by atoms with E-state index in [1.54, 1.807) is 0 Å². The Bertz CT molecular complexity index is 742. The zero-order valence-corrected chi connectivity index (χ0v) is 16.7. The number of rotatable bonds is 4. The molecule has 1 N–H and O–H groups in total. The molecule has 3 rings (SSSR count). The fourth-order valence-corrected chi connectivity index (χ4v) is 3.26. The molecule has 132 valence electrons. The molecule has 0 saturated carbocycles. The van der Waals surface area contributed by atoms with Crippen molar-refractivity contribution >= 4 is 40.1 Å². The standard InChI is InChI=1S/C18H22IN5O/c1-3-20-16-12-17(22-13(2)21-16)23-8-10-24(11-9-23)18(25)14-4-6-15(19)7-5-14/h4-7,12H,3,8-11H2,1-2H3,(H,20,21,22). The Kier molecular flexibility index (Phi) is 5.72. The molecule has 6 nitrogen and oxygen atoms in total. The fourth-order valence-electron chi connectivity index (χ4n) is 2.90. The molecule has 2 aromatic rings. The van der Waals surface area contributed by atoms with Crippen LogP contribution < -0.4 is 10.2 Å². The Morgan fingerprint density at radius 2 is 1.84 bits per heavy atom. The minimum Gasteiger partial charge on any atom is -0.370 e. The van der Waals surface area contributed by atoms with E-state index < -0.39 is 0 Å². The van der Waals surface area contributed by atoms with Gasteiger partial charge >= 0.3 is 0 Å². The summed E-state index contributed by atoms with van der Waals surface area (Å²) in [6, 6.07) is 9.71. The van der Waals surface area contributed by atoms with E-state index in [2.05, 4.69) is 42.8 Å². The monoisotopic (exact) mass is 451 g/mol. The highest BCUT2D eigenvalue weighted by Gasteiger charge is 2.23. The average Bonchev–Trinajstić information content (AvgIpc) is 2.62. The third kappa shape index (κ3) is 4.39. The van der Waals surface area contributed by atoms with Crippen LogP contribution in [-0.2, 0) is 0 Å². The third-order valence-corrected chi connectivity index (χ3v) is 4.88. The van der Waals surface area contributed by atoms with E-state index in [4.69, 9.17) is 0 Å². The predicted octanol–water partition coefficient (Wildman–Crippen LogP) is 2.78. The van der Waals surface area contributed by atoms with Crippen molar-refractivity contribution in [2.45, 2.75) is 13.8 Å². The molecular formula is C18H22IN5O. The van der Waals surface area contributed by atoms with E-state index in [0.717, 1.165) is 46.2 Å². The number of nitrogens with one attached hydrogen (secondary N) is 1. The largest absolute Gasteiger partial charge is 0.370 e. The predicted molar refractivity (Wildman–Crippen MR) is 108 cm³/mol. The van der Waals surface area contributed by atoms with E-state index in [9.17, 15) is 4.79 Å². The van der Waals surface area contributed by atoms with Gasteiger partial charge in [-0.1, -0.05) is 0 Å². The number of piperazine rings is 1. The van der Waals surface area contributed by atoms with E-state index in [1.807, 2.05) is 49.1 Å². The van der Waals surface area contributed by atoms with Gasteiger partial charge in [-0.05, 0) is 60.7 Å². The number of carbonyl (C=O) groups is 1. The molecule has 0 unspecified atom stereocenters. The van der Waals surface area contributed by atoms with Crippen molar-refractivity contribution in [3.05, 3.63) is 45.3 Å². The number of aryl methyl sites for hydroxylation is 1. The topological polar surface area (TPSA) is 61.4 Å². The van der Waals surface area contributed by atoms with Gasteiger partial charge in [-0.15, -0.1) is 0 Å². The Morgan fingerprint density at radius 1 is 1.16 bits per heavy atom. The molecule has 0 bridgehead atoms. The zero-order valence-electron chi connectivity index (χ0n) is 14.5. The van der Waals surface area contributed by atoms with Gasteiger partial charge in [0.15, 0.2) is 0 Å². The molecule has 1 amide bonds. The minimum atomic E-state index is 0.100. The highest BCUT2D eigenvalue weighted by molar-refractivity contribution is 14.1. The zero-order chi connectivity index (χ0) is 17.8. The maximum Gasteiger partial charge on any atom is 0.253 e. The van der Waals surface area contributed by atoms with Gasteiger partial charge in [0.05, 0.1) is 0 Å². The van der Waals surface area contributed by atoms with E-state index >= 15 is 0 Å². The quantitative estimate of drug-likeness (QED) is 0.725. The highest BCUT2D eigenvalue weighted by atomic mass is 127. The van der Waals surface area contributed by atoms with Crippen molar-refractivity contribution in [1.82, 2.24) is 14.9 Å². The number of carbonyl (C=O) groups excluding carboxylic acids is 1. The average molecular weight is 451 g/mol. The molecule has 0 aliphatic carbocycles. The van der Waals surface area contributed by atoms with Crippen molar-refractivity contribution in [1.29, 1.82) is 0 Å². The first-order valence-corrected chi connectivity index (χ1v) is 9.54. The molecule has 1 aromatic carbocycles. The van der Waals surface area contributed by atoms with Crippen LogP contribution in [0.25, 0.3) is 0 Å². The molecule has 0 atom stereocenters. The number of benzene rings is 1. The van der Waals surface area contributed by atoms with Crippen molar-refractivity contribution < 1.29 is 4.79 Å². The SMILES string of the molecule is CCNc1cc(N2CCN(C(=O)c3ccc(I)cc3)CC2)nc(C)n1. The molecule has 0 radical (unpaired) electrons. The van der Waals surface area contributed by atoms with Gasteiger partial charge in [0.25, 0.3) is 5.91 Å². The molecule has 1 fully saturated rings. The molecule has 25 heavy (non-hydrogen) atoms. The molecular weight excluding hydrogens is 429 g/mol. The van der Waals surface area contributed by atoms with Crippen LogP contribution in [0, 0.1) is 10.5 Å². The van der Waals surface area contributed by atoms with E-state index in [-0.39, 0.29) is 5.91 Å². The lowest BCUT2D eigenvalue weighted by Crippen LogP contribution is -2.49. The van der Waals surface area contributed by atoms with E-state index in [1.165, 1.54) is 0 Å². The summed E-state index contributed by atoms with van der Waals surface area (Å²) in [6.07, 6.45) is 0. The second-order valence-electron chi connectivity index (χ2n) is 5.98. The molecule has 2 heterocycles. The number of hydrogen-bond acceptors (Lipinski definition) is 5. The smallest absolute Gasteiger partial charge is 0.253 e. The summed E-state index contributed by atoms with van der Waals surface area (Å²) in [5.74, 6) is 2.63. The minimum absolute atomic E-state index is 0.100. The van der Waals surface area contributed by atoms with Crippen LogP contribution in [0.4, 0.5) is 11.6 Å². The molecule has 7 heteroatoms. The summed E-state index contributed by atoms with van der Waals surface area (Å²) in [5, 5.41) is 3.24. The third-order valence-electron chi connectivity index (χ3n) is 4.16. The Hall–Kier alpha value is -1.90. The van der Waals surface area contributed by atoms with Crippen molar-refractivity contribution in [2.24, 2.45) is 0 Å². The van der Waals surface area contributed by atoms with Crippen molar-refractivity contribution in [3.8, 4) is 0 Å². The lowest BCUT2D eigenvalue weighted by atomic mass is 10.2. The number of halogens is 1. The normalized spacial score (nSPS) is 14.5. The second kappa shape index (κ2) is 7.99. The first kappa shape index (κ1) is 17.9. The Morgan fingerprint density at radius 3 is 2.48 bits per heavy atom. The highest BCUT2D eigenvalue weighted by Crippen LogP contribution is 2.19. The van der Waals surface area contributed by atoms with Crippen LogP contribution >= 0.6 is 22.6 Å². The van der Waals surface area contributed by atoms with Crippen LogP contribution in [0.15, 0.2) is 30.3 Å². The number of nitrogens with zero attached hydrogens (tertiary/aromatic N) is 4. The first-order chi connectivity index (χ1) is 12.1. The molecule has 1 aliphatic heterocycles.